The number of halogens is 1. The average Bonchev–Trinajstić information content (AvgIpc) is 2.41. The molecule has 0 saturated heterocycles. The number of anilines is 1. The van der Waals surface area contributed by atoms with Crippen molar-refractivity contribution in [3.05, 3.63) is 10.7 Å². The SMILES string of the molecule is CCOCCCn1cc(Br)c(N)n1. The molecule has 0 bridgehead atoms. The van der Waals surface area contributed by atoms with E-state index in [2.05, 4.69) is 21.0 Å². The quantitative estimate of drug-likeness (QED) is 0.806. The van der Waals surface area contributed by atoms with Crippen molar-refractivity contribution in [1.29, 1.82) is 0 Å². The van der Waals surface area contributed by atoms with E-state index in [0.717, 1.165) is 30.7 Å². The normalized spacial score (nSPS) is 10.6. The van der Waals surface area contributed by atoms with Gasteiger partial charge in [-0.15, -0.1) is 0 Å². The molecule has 74 valence electrons. The fourth-order valence-corrected chi connectivity index (χ4v) is 1.32. The standard InChI is InChI=1S/C8H14BrN3O/c1-2-13-5-3-4-12-6-7(9)8(10)11-12/h6H,2-5H2,1H3,(H2,10,11). The first-order chi connectivity index (χ1) is 6.24. The van der Waals surface area contributed by atoms with Crippen LogP contribution in [0.4, 0.5) is 5.82 Å². The minimum atomic E-state index is 0.538. The van der Waals surface area contributed by atoms with Gasteiger partial charge in [0, 0.05) is 26.0 Å². The molecule has 0 aliphatic heterocycles. The summed E-state index contributed by atoms with van der Waals surface area (Å²) >= 11 is 3.30. The monoisotopic (exact) mass is 247 g/mol. The summed E-state index contributed by atoms with van der Waals surface area (Å²) in [4.78, 5) is 0. The van der Waals surface area contributed by atoms with E-state index in [4.69, 9.17) is 10.5 Å². The number of ether oxygens (including phenoxy) is 1. The predicted octanol–water partition coefficient (Wildman–Crippen LogP) is 1.65. The van der Waals surface area contributed by atoms with Crippen LogP contribution in [0.15, 0.2) is 10.7 Å². The Morgan fingerprint density at radius 2 is 2.46 bits per heavy atom. The van der Waals surface area contributed by atoms with Gasteiger partial charge in [-0.05, 0) is 29.3 Å². The van der Waals surface area contributed by atoms with E-state index in [1.54, 1.807) is 0 Å². The van der Waals surface area contributed by atoms with Crippen LogP contribution in [-0.4, -0.2) is 23.0 Å². The van der Waals surface area contributed by atoms with E-state index in [1.165, 1.54) is 0 Å². The van der Waals surface area contributed by atoms with Crippen molar-refractivity contribution >= 4 is 21.7 Å². The maximum absolute atomic E-state index is 5.56. The number of rotatable bonds is 5. The molecular formula is C8H14BrN3O. The third kappa shape index (κ3) is 3.36. The van der Waals surface area contributed by atoms with Gasteiger partial charge in [-0.3, -0.25) is 4.68 Å². The van der Waals surface area contributed by atoms with E-state index in [0.29, 0.717) is 5.82 Å². The molecule has 0 aromatic carbocycles. The second kappa shape index (κ2) is 5.24. The molecule has 5 heteroatoms. The molecule has 1 aromatic rings. The summed E-state index contributed by atoms with van der Waals surface area (Å²) in [6, 6.07) is 0. The molecule has 1 heterocycles. The number of aromatic nitrogens is 2. The zero-order valence-corrected chi connectivity index (χ0v) is 9.25. The summed E-state index contributed by atoms with van der Waals surface area (Å²) < 4.78 is 7.88. The number of nitrogens with zero attached hydrogens (tertiary/aromatic N) is 2. The lowest BCUT2D eigenvalue weighted by atomic mass is 10.4. The van der Waals surface area contributed by atoms with Crippen molar-refractivity contribution < 1.29 is 4.74 Å². The molecule has 0 spiro atoms. The number of nitrogens with two attached hydrogens (primary N) is 1. The Morgan fingerprint density at radius 1 is 1.69 bits per heavy atom. The van der Waals surface area contributed by atoms with Gasteiger partial charge in [0.05, 0.1) is 4.47 Å². The van der Waals surface area contributed by atoms with Gasteiger partial charge in [-0.25, -0.2) is 0 Å². The number of hydrogen-bond donors (Lipinski definition) is 1. The van der Waals surface area contributed by atoms with Crippen LogP contribution < -0.4 is 5.73 Å². The molecule has 0 aliphatic rings. The molecule has 0 saturated carbocycles. The topological polar surface area (TPSA) is 53.1 Å². The lowest BCUT2D eigenvalue weighted by Crippen LogP contribution is -2.03. The highest BCUT2D eigenvalue weighted by atomic mass is 79.9. The van der Waals surface area contributed by atoms with E-state index in [-0.39, 0.29) is 0 Å². The highest BCUT2D eigenvalue weighted by molar-refractivity contribution is 9.10. The number of nitrogen functional groups attached to an aromatic ring is 1. The lowest BCUT2D eigenvalue weighted by Gasteiger charge is -2.00. The molecule has 0 unspecified atom stereocenters. The molecule has 2 N–H and O–H groups in total. The minimum absolute atomic E-state index is 0.538. The molecule has 13 heavy (non-hydrogen) atoms. The molecule has 0 amide bonds. The van der Waals surface area contributed by atoms with Crippen LogP contribution in [0.5, 0.6) is 0 Å². The third-order valence-corrected chi connectivity index (χ3v) is 2.23. The van der Waals surface area contributed by atoms with Gasteiger partial charge in [-0.2, -0.15) is 5.10 Å². The van der Waals surface area contributed by atoms with Crippen LogP contribution in [0.3, 0.4) is 0 Å². The van der Waals surface area contributed by atoms with Gasteiger partial charge in [0.15, 0.2) is 5.82 Å². The average molecular weight is 248 g/mol. The van der Waals surface area contributed by atoms with Gasteiger partial charge in [-0.1, -0.05) is 0 Å². The Hall–Kier alpha value is -0.550. The third-order valence-electron chi connectivity index (χ3n) is 1.62. The molecule has 0 aliphatic carbocycles. The smallest absolute Gasteiger partial charge is 0.159 e. The van der Waals surface area contributed by atoms with Crippen LogP contribution >= 0.6 is 15.9 Å². The first kappa shape index (κ1) is 10.5. The van der Waals surface area contributed by atoms with Crippen molar-refractivity contribution in [3.63, 3.8) is 0 Å². The first-order valence-electron chi connectivity index (χ1n) is 4.30. The molecule has 0 atom stereocenters. The van der Waals surface area contributed by atoms with E-state index < -0.39 is 0 Å². The van der Waals surface area contributed by atoms with Gasteiger partial charge in [0.1, 0.15) is 0 Å². The Balaban J connectivity index is 2.29. The van der Waals surface area contributed by atoms with Gasteiger partial charge < -0.3 is 10.5 Å². The van der Waals surface area contributed by atoms with Crippen molar-refractivity contribution in [2.24, 2.45) is 0 Å². The minimum Gasteiger partial charge on any atom is -0.382 e. The number of hydrogen-bond acceptors (Lipinski definition) is 3. The van der Waals surface area contributed by atoms with Crippen molar-refractivity contribution in [3.8, 4) is 0 Å². The Bertz CT molecular complexity index is 242. The summed E-state index contributed by atoms with van der Waals surface area (Å²) in [5.74, 6) is 0.538. The second-order valence-corrected chi connectivity index (χ2v) is 3.53. The second-order valence-electron chi connectivity index (χ2n) is 2.68. The predicted molar refractivity (Wildman–Crippen MR) is 55.4 cm³/mol. The molecular weight excluding hydrogens is 234 g/mol. The van der Waals surface area contributed by atoms with Crippen molar-refractivity contribution in [2.75, 3.05) is 18.9 Å². The van der Waals surface area contributed by atoms with Crippen LogP contribution in [0.25, 0.3) is 0 Å². The Labute approximate surface area is 86.2 Å². The summed E-state index contributed by atoms with van der Waals surface area (Å²) in [5, 5.41) is 4.10. The largest absolute Gasteiger partial charge is 0.382 e. The molecule has 4 nitrogen and oxygen atoms in total. The maximum atomic E-state index is 5.56. The maximum Gasteiger partial charge on any atom is 0.159 e. The van der Waals surface area contributed by atoms with Gasteiger partial charge >= 0.3 is 0 Å². The highest BCUT2D eigenvalue weighted by Crippen LogP contribution is 2.16. The van der Waals surface area contributed by atoms with Crippen LogP contribution in [0.1, 0.15) is 13.3 Å². The fraction of sp³-hybridized carbons (Fsp3) is 0.625. The first-order valence-corrected chi connectivity index (χ1v) is 5.09. The summed E-state index contributed by atoms with van der Waals surface area (Å²) in [6.07, 6.45) is 2.84. The summed E-state index contributed by atoms with van der Waals surface area (Å²) in [5.41, 5.74) is 5.56. The van der Waals surface area contributed by atoms with Crippen molar-refractivity contribution in [2.45, 2.75) is 19.9 Å². The van der Waals surface area contributed by atoms with Crippen LogP contribution in [0.2, 0.25) is 0 Å². The summed E-state index contributed by atoms with van der Waals surface area (Å²) in [6.45, 7) is 4.37. The van der Waals surface area contributed by atoms with Gasteiger partial charge in [0.2, 0.25) is 0 Å². The highest BCUT2D eigenvalue weighted by Gasteiger charge is 2.00. The fourth-order valence-electron chi connectivity index (χ4n) is 0.999. The van der Waals surface area contributed by atoms with Crippen LogP contribution in [0, 0.1) is 0 Å². The molecule has 0 fully saturated rings. The zero-order chi connectivity index (χ0) is 9.68. The Kier molecular flexibility index (Phi) is 4.24. The molecule has 0 radical (unpaired) electrons. The van der Waals surface area contributed by atoms with Gasteiger partial charge in [0.25, 0.3) is 0 Å². The van der Waals surface area contributed by atoms with E-state index in [9.17, 15) is 0 Å². The van der Waals surface area contributed by atoms with E-state index in [1.807, 2.05) is 17.8 Å². The van der Waals surface area contributed by atoms with E-state index >= 15 is 0 Å². The van der Waals surface area contributed by atoms with Crippen molar-refractivity contribution in [1.82, 2.24) is 9.78 Å². The molecule has 1 aromatic heterocycles. The Morgan fingerprint density at radius 3 is 3.00 bits per heavy atom. The van der Waals surface area contributed by atoms with Crippen LogP contribution in [-0.2, 0) is 11.3 Å². The molecule has 1 rings (SSSR count). The number of aryl methyl sites for hydroxylation is 1. The lowest BCUT2D eigenvalue weighted by molar-refractivity contribution is 0.141. The summed E-state index contributed by atoms with van der Waals surface area (Å²) in [7, 11) is 0. The zero-order valence-electron chi connectivity index (χ0n) is 7.66.